The zero-order chi connectivity index (χ0) is 17.3. The minimum Gasteiger partial charge on any atom is -0.363 e. The molecule has 0 spiro atoms. The highest BCUT2D eigenvalue weighted by Gasteiger charge is 2.58. The summed E-state index contributed by atoms with van der Waals surface area (Å²) in [4.78, 5) is 7.08. The monoisotopic (exact) mass is 342 g/mol. The molecule has 0 aliphatic carbocycles. The molecule has 2 aromatic heterocycles. The van der Waals surface area contributed by atoms with Crippen LogP contribution in [0.5, 0.6) is 0 Å². The van der Waals surface area contributed by atoms with Crippen LogP contribution in [0.1, 0.15) is 17.9 Å². The van der Waals surface area contributed by atoms with Gasteiger partial charge in [-0.15, -0.1) is 0 Å². The van der Waals surface area contributed by atoms with Crippen molar-refractivity contribution in [2.75, 3.05) is 5.32 Å². The van der Waals surface area contributed by atoms with Gasteiger partial charge in [0.25, 0.3) is 0 Å². The zero-order valence-electron chi connectivity index (χ0n) is 11.2. The predicted molar refractivity (Wildman–Crippen MR) is 65.0 cm³/mol. The van der Waals surface area contributed by atoms with Gasteiger partial charge in [0.2, 0.25) is 0 Å². The highest BCUT2D eigenvalue weighted by molar-refractivity contribution is 5.37. The molecule has 11 heteroatoms. The van der Waals surface area contributed by atoms with Gasteiger partial charge in [0.15, 0.2) is 0 Å². The van der Waals surface area contributed by atoms with Crippen LogP contribution in [0.2, 0.25) is 0 Å². The summed E-state index contributed by atoms with van der Waals surface area (Å²) in [6.07, 6.45) is -3.17. The second-order valence-electron chi connectivity index (χ2n) is 4.39. The maximum absolute atomic E-state index is 13.1. The highest BCUT2D eigenvalue weighted by atomic mass is 19.4. The van der Waals surface area contributed by atoms with E-state index in [0.717, 1.165) is 18.5 Å². The second-order valence-corrected chi connectivity index (χ2v) is 4.39. The number of nitrogens with one attached hydrogen (secondary N) is 1. The number of pyridine rings is 1. The van der Waals surface area contributed by atoms with Crippen LogP contribution in [0.15, 0.2) is 30.7 Å². The van der Waals surface area contributed by atoms with Gasteiger partial charge in [-0.05, 0) is 12.1 Å². The number of anilines is 1. The minimum atomic E-state index is -5.73. The van der Waals surface area contributed by atoms with Gasteiger partial charge in [0.05, 0.1) is 6.54 Å². The van der Waals surface area contributed by atoms with Gasteiger partial charge in [0.1, 0.15) is 11.6 Å². The molecule has 23 heavy (non-hydrogen) atoms. The Morgan fingerprint density at radius 2 is 1.78 bits per heavy atom. The topological polar surface area (TPSA) is 42.7 Å². The lowest BCUT2D eigenvalue weighted by atomic mass is 10.1. The Kier molecular flexibility index (Phi) is 4.48. The van der Waals surface area contributed by atoms with Crippen molar-refractivity contribution >= 4 is 5.82 Å². The summed E-state index contributed by atoms with van der Waals surface area (Å²) in [5, 5.41) is 2.51. The lowest BCUT2D eigenvalue weighted by Gasteiger charge is -2.19. The fourth-order valence-corrected chi connectivity index (χ4v) is 1.68. The Labute approximate surface area is 125 Å². The van der Waals surface area contributed by atoms with Crippen LogP contribution in [-0.2, 0) is 12.5 Å². The summed E-state index contributed by atoms with van der Waals surface area (Å²) in [7, 11) is 0. The van der Waals surface area contributed by atoms with E-state index in [2.05, 4.69) is 15.3 Å². The average Bonchev–Trinajstić information content (AvgIpc) is 2.93. The fraction of sp³-hybridized carbons (Fsp3) is 0.333. The van der Waals surface area contributed by atoms with E-state index >= 15 is 0 Å². The third-order valence-corrected chi connectivity index (χ3v) is 2.87. The van der Waals surface area contributed by atoms with Gasteiger partial charge in [0, 0.05) is 24.2 Å². The van der Waals surface area contributed by atoms with Crippen molar-refractivity contribution < 1.29 is 30.7 Å². The number of nitrogens with zero attached hydrogens (tertiary/aromatic N) is 3. The number of alkyl halides is 7. The molecule has 1 N–H and O–H groups in total. The standard InChI is InChI=1S/C12H9F7N4/c13-10(14)23-4-3-20-9(23)6-22-8-2-1-7(5-21-8)11(15,16)12(17,18)19/h1-5,10H,6H2,(H,21,22). The first kappa shape index (κ1) is 17.0. The van der Waals surface area contributed by atoms with Crippen LogP contribution in [0.3, 0.4) is 0 Å². The quantitative estimate of drug-likeness (QED) is 0.837. The number of hydrogen-bond acceptors (Lipinski definition) is 3. The lowest BCUT2D eigenvalue weighted by molar-refractivity contribution is -0.289. The Morgan fingerprint density at radius 3 is 2.30 bits per heavy atom. The number of aromatic nitrogens is 3. The van der Waals surface area contributed by atoms with E-state index in [9.17, 15) is 30.7 Å². The van der Waals surface area contributed by atoms with Gasteiger partial charge < -0.3 is 5.32 Å². The Morgan fingerprint density at radius 1 is 1.09 bits per heavy atom. The molecule has 2 heterocycles. The summed E-state index contributed by atoms with van der Waals surface area (Å²) in [5.74, 6) is -5.13. The van der Waals surface area contributed by atoms with E-state index in [-0.39, 0.29) is 18.2 Å². The van der Waals surface area contributed by atoms with E-state index in [1.807, 2.05) is 0 Å². The highest BCUT2D eigenvalue weighted by Crippen LogP contribution is 2.43. The lowest BCUT2D eigenvalue weighted by Crippen LogP contribution is -2.33. The summed E-state index contributed by atoms with van der Waals surface area (Å²) < 4.78 is 88.4. The molecule has 0 saturated heterocycles. The van der Waals surface area contributed by atoms with E-state index in [1.165, 1.54) is 0 Å². The van der Waals surface area contributed by atoms with Gasteiger partial charge in [-0.1, -0.05) is 0 Å². The van der Waals surface area contributed by atoms with Crippen molar-refractivity contribution in [1.82, 2.24) is 14.5 Å². The first-order valence-corrected chi connectivity index (χ1v) is 6.07. The van der Waals surface area contributed by atoms with Gasteiger partial charge in [-0.2, -0.15) is 30.7 Å². The molecule has 4 nitrogen and oxygen atoms in total. The van der Waals surface area contributed by atoms with Crippen molar-refractivity contribution in [1.29, 1.82) is 0 Å². The van der Waals surface area contributed by atoms with Gasteiger partial charge in [-0.3, -0.25) is 4.57 Å². The Hall–Kier alpha value is -2.33. The van der Waals surface area contributed by atoms with Crippen LogP contribution >= 0.6 is 0 Å². The normalized spacial score (nSPS) is 12.7. The summed E-state index contributed by atoms with van der Waals surface area (Å²) >= 11 is 0. The van der Waals surface area contributed by atoms with Crippen molar-refractivity contribution in [2.45, 2.75) is 25.2 Å². The molecule has 0 radical (unpaired) electrons. The van der Waals surface area contributed by atoms with Crippen LogP contribution in [0.4, 0.5) is 36.6 Å². The maximum Gasteiger partial charge on any atom is 0.458 e. The number of imidazole rings is 1. The van der Waals surface area contributed by atoms with Crippen LogP contribution in [0.25, 0.3) is 0 Å². The molecular formula is C12H9F7N4. The van der Waals surface area contributed by atoms with E-state index in [4.69, 9.17) is 0 Å². The van der Waals surface area contributed by atoms with Crippen LogP contribution < -0.4 is 5.32 Å². The second kappa shape index (κ2) is 6.05. The Bertz CT molecular complexity index is 648. The van der Waals surface area contributed by atoms with Crippen molar-refractivity contribution in [3.05, 3.63) is 42.1 Å². The minimum absolute atomic E-state index is 0.0495. The molecule has 0 aromatic carbocycles. The zero-order valence-corrected chi connectivity index (χ0v) is 11.2. The molecule has 0 aliphatic heterocycles. The van der Waals surface area contributed by atoms with E-state index in [0.29, 0.717) is 16.8 Å². The summed E-state index contributed by atoms with van der Waals surface area (Å²) in [6, 6.07) is 1.45. The fourth-order valence-electron chi connectivity index (χ4n) is 1.68. The molecule has 126 valence electrons. The van der Waals surface area contributed by atoms with Crippen molar-refractivity contribution in [3.63, 3.8) is 0 Å². The average molecular weight is 342 g/mol. The molecule has 0 fully saturated rings. The first-order chi connectivity index (χ1) is 10.6. The third kappa shape index (κ3) is 3.54. The van der Waals surface area contributed by atoms with E-state index in [1.54, 1.807) is 0 Å². The molecule has 2 rings (SSSR count). The van der Waals surface area contributed by atoms with Gasteiger partial charge in [-0.25, -0.2) is 9.97 Å². The third-order valence-electron chi connectivity index (χ3n) is 2.87. The number of halogens is 7. The molecule has 2 aromatic rings. The molecule has 0 amide bonds. The molecule has 0 unspecified atom stereocenters. The SMILES string of the molecule is FC(F)n1ccnc1CNc1ccc(C(F)(F)C(F)(F)F)cn1. The maximum atomic E-state index is 13.1. The Balaban J connectivity index is 2.08. The number of rotatable bonds is 5. The number of hydrogen-bond donors (Lipinski definition) is 1. The predicted octanol–water partition coefficient (Wildman–Crippen LogP) is 3.94. The van der Waals surface area contributed by atoms with E-state index < -0.39 is 24.2 Å². The summed E-state index contributed by atoms with van der Waals surface area (Å²) in [6.45, 7) is -3.02. The van der Waals surface area contributed by atoms with Crippen molar-refractivity contribution in [2.24, 2.45) is 0 Å². The first-order valence-electron chi connectivity index (χ1n) is 6.07. The van der Waals surface area contributed by atoms with Crippen LogP contribution in [-0.4, -0.2) is 20.7 Å². The molecule has 0 bridgehead atoms. The summed E-state index contributed by atoms with van der Waals surface area (Å²) in [5.41, 5.74) is -1.32. The van der Waals surface area contributed by atoms with Gasteiger partial charge >= 0.3 is 18.6 Å². The molecule has 0 atom stereocenters. The smallest absolute Gasteiger partial charge is 0.363 e. The van der Waals surface area contributed by atoms with Crippen molar-refractivity contribution in [3.8, 4) is 0 Å². The molecular weight excluding hydrogens is 333 g/mol. The largest absolute Gasteiger partial charge is 0.458 e. The molecule has 0 aliphatic rings. The van der Waals surface area contributed by atoms with Crippen LogP contribution in [0, 0.1) is 0 Å². The molecule has 0 saturated carbocycles.